The molecule has 4 aliphatic rings. The van der Waals surface area contributed by atoms with Crippen LogP contribution in [-0.4, -0.2) is 68.4 Å². The number of thiophene rings is 1. The third-order valence-electron chi connectivity index (χ3n) is 12.4. The normalized spacial score (nSPS) is 22.5. The predicted octanol–water partition coefficient (Wildman–Crippen LogP) is 8.12. The molecular weight excluding hydrogens is 770 g/mol. The second-order valence-electron chi connectivity index (χ2n) is 16.4. The summed E-state index contributed by atoms with van der Waals surface area (Å²) in [6, 6.07) is 19.4. The molecule has 5 heterocycles. The van der Waals surface area contributed by atoms with Crippen LogP contribution in [0.5, 0.6) is 11.5 Å². The summed E-state index contributed by atoms with van der Waals surface area (Å²) in [7, 11) is 0. The zero-order chi connectivity index (χ0) is 40.0. The quantitative estimate of drug-likeness (QED) is 0.156. The lowest BCUT2D eigenvalue weighted by Crippen LogP contribution is -2.51. The van der Waals surface area contributed by atoms with Gasteiger partial charge in [-0.3, -0.25) is 14.4 Å². The standard InChI is InChI=1S/C44H46ClN9O3S/c1-26-27(2)58-43-40(26)41(47-23-39-52-49-28(3)54(39)43)30-5-10-33(11-6-30)56-24-29-20-44(21-29)17-4-18-53(25-44)38-16-15-37(50-51-38)42(55)48-32-8-13-34(14-9-32)57-35-12-7-31(22-46)36(45)19-35/h5-7,10-12,15-16,19,29,32,34H,4,8-9,13-14,17-18,20-21,23-25H2,1-3H3,(H,48,55). The van der Waals surface area contributed by atoms with Crippen LogP contribution in [0.3, 0.4) is 0 Å². The molecule has 1 saturated heterocycles. The zero-order valence-electron chi connectivity index (χ0n) is 33.0. The number of nitrogens with zero attached hydrogens (tertiary/aromatic N) is 8. The predicted molar refractivity (Wildman–Crippen MR) is 224 cm³/mol. The van der Waals surface area contributed by atoms with E-state index in [9.17, 15) is 4.79 Å². The first-order chi connectivity index (χ1) is 28.1. The first-order valence-electron chi connectivity index (χ1n) is 20.2. The second-order valence-corrected chi connectivity index (χ2v) is 18.0. The zero-order valence-corrected chi connectivity index (χ0v) is 34.6. The second kappa shape index (κ2) is 15.8. The van der Waals surface area contributed by atoms with Crippen LogP contribution in [0, 0.1) is 43.4 Å². The van der Waals surface area contributed by atoms with Crippen LogP contribution in [0.2, 0.25) is 5.02 Å². The maximum absolute atomic E-state index is 13.1. The summed E-state index contributed by atoms with van der Waals surface area (Å²) in [6.07, 6.45) is 7.83. The highest BCUT2D eigenvalue weighted by Gasteiger charge is 2.47. The molecule has 1 N–H and O–H groups in total. The molecule has 14 heteroatoms. The number of aliphatic imine (C=N–C) groups is 1. The molecule has 5 aromatic rings. The summed E-state index contributed by atoms with van der Waals surface area (Å²) in [4.78, 5) is 21.7. The average molecular weight is 816 g/mol. The summed E-state index contributed by atoms with van der Waals surface area (Å²) < 4.78 is 14.6. The van der Waals surface area contributed by atoms with Crippen LogP contribution < -0.4 is 19.7 Å². The fraction of sp³-hybridized carbons (Fsp3) is 0.432. The monoisotopic (exact) mass is 815 g/mol. The smallest absolute Gasteiger partial charge is 0.272 e. The van der Waals surface area contributed by atoms with Crippen molar-refractivity contribution in [2.75, 3.05) is 24.6 Å². The van der Waals surface area contributed by atoms with E-state index in [0.29, 0.717) is 41.1 Å². The molecule has 0 radical (unpaired) electrons. The van der Waals surface area contributed by atoms with E-state index in [-0.39, 0.29) is 23.5 Å². The van der Waals surface area contributed by atoms with Gasteiger partial charge in [0, 0.05) is 41.2 Å². The SMILES string of the molecule is Cc1sc2c(c1C)C(c1ccc(OCC3CC4(CCCN(c5ccc(C(=O)NC6CCC(Oc7ccc(C#N)c(Cl)c7)CC6)nn5)C4)C3)cc1)=NCc1nnc(C)n1-2. The number of anilines is 1. The van der Waals surface area contributed by atoms with Gasteiger partial charge in [0.25, 0.3) is 5.91 Å². The number of nitriles is 1. The minimum absolute atomic E-state index is 0.0359. The van der Waals surface area contributed by atoms with Crippen molar-refractivity contribution in [3.8, 4) is 22.6 Å². The van der Waals surface area contributed by atoms with Gasteiger partial charge in [-0.2, -0.15) is 5.26 Å². The van der Waals surface area contributed by atoms with Crippen LogP contribution in [0.1, 0.15) is 101 Å². The Balaban J connectivity index is 0.740. The largest absolute Gasteiger partial charge is 0.493 e. The van der Waals surface area contributed by atoms with E-state index < -0.39 is 0 Å². The lowest BCUT2D eigenvalue weighted by molar-refractivity contribution is 0.0113. The molecule has 1 spiro atoms. The van der Waals surface area contributed by atoms with Gasteiger partial charge in [-0.1, -0.05) is 11.6 Å². The van der Waals surface area contributed by atoms with Crippen LogP contribution in [0.25, 0.3) is 5.00 Å². The summed E-state index contributed by atoms with van der Waals surface area (Å²) in [5.74, 6) is 4.42. The molecule has 9 rings (SSSR count). The molecule has 2 aromatic carbocycles. The lowest BCUT2D eigenvalue weighted by Gasteiger charge is -2.53. The van der Waals surface area contributed by atoms with Crippen LogP contribution >= 0.6 is 22.9 Å². The number of carbonyl (C=O) groups excluding carboxylic acids is 1. The molecule has 0 atom stereocenters. The van der Waals surface area contributed by atoms with Gasteiger partial charge in [0.2, 0.25) is 0 Å². The Labute approximate surface area is 347 Å². The van der Waals surface area contributed by atoms with Gasteiger partial charge in [0.05, 0.1) is 29.0 Å². The van der Waals surface area contributed by atoms with Crippen molar-refractivity contribution < 1.29 is 14.3 Å². The molecule has 2 aliphatic heterocycles. The lowest BCUT2D eigenvalue weighted by atomic mass is 9.58. The van der Waals surface area contributed by atoms with Gasteiger partial charge in [-0.05, 0) is 138 Å². The van der Waals surface area contributed by atoms with Crippen molar-refractivity contribution >= 4 is 40.4 Å². The van der Waals surface area contributed by atoms with E-state index in [0.717, 1.165) is 103 Å². The fourth-order valence-electron chi connectivity index (χ4n) is 9.28. The molecule has 2 saturated carbocycles. The van der Waals surface area contributed by atoms with Gasteiger partial charge < -0.3 is 19.7 Å². The Morgan fingerprint density at radius 2 is 1.79 bits per heavy atom. The molecule has 0 bridgehead atoms. The number of hydrogen-bond acceptors (Lipinski definition) is 11. The number of benzene rings is 2. The van der Waals surface area contributed by atoms with Crippen molar-refractivity contribution in [3.63, 3.8) is 0 Å². The van der Waals surface area contributed by atoms with Crippen molar-refractivity contribution in [1.29, 1.82) is 5.26 Å². The van der Waals surface area contributed by atoms with E-state index in [2.05, 4.69) is 79.4 Å². The van der Waals surface area contributed by atoms with Gasteiger partial charge in [0.1, 0.15) is 34.9 Å². The topological polar surface area (TPSA) is 143 Å². The summed E-state index contributed by atoms with van der Waals surface area (Å²) in [5, 5.41) is 31.4. The Hall–Kier alpha value is -5.32. The minimum Gasteiger partial charge on any atom is -0.493 e. The number of amides is 1. The van der Waals surface area contributed by atoms with Crippen molar-refractivity contribution in [2.45, 2.75) is 90.8 Å². The summed E-state index contributed by atoms with van der Waals surface area (Å²) >= 11 is 7.94. The number of carbonyl (C=O) groups is 1. The molecule has 12 nitrogen and oxygen atoms in total. The number of rotatable bonds is 9. The highest BCUT2D eigenvalue weighted by atomic mass is 35.5. The third kappa shape index (κ3) is 7.55. The molecule has 58 heavy (non-hydrogen) atoms. The van der Waals surface area contributed by atoms with E-state index in [1.54, 1.807) is 35.6 Å². The van der Waals surface area contributed by atoms with Gasteiger partial charge in [0.15, 0.2) is 17.3 Å². The number of fused-ring (bicyclic) bond motifs is 3. The highest BCUT2D eigenvalue weighted by molar-refractivity contribution is 7.15. The van der Waals surface area contributed by atoms with Gasteiger partial charge >= 0.3 is 0 Å². The molecule has 3 aromatic heterocycles. The fourth-order valence-corrected chi connectivity index (χ4v) is 10.7. The maximum Gasteiger partial charge on any atom is 0.272 e. The molecule has 1 amide bonds. The van der Waals surface area contributed by atoms with E-state index in [1.165, 1.54) is 16.9 Å². The highest BCUT2D eigenvalue weighted by Crippen LogP contribution is 2.51. The Kier molecular flexibility index (Phi) is 10.4. The first-order valence-corrected chi connectivity index (χ1v) is 21.4. The number of aromatic nitrogens is 5. The Morgan fingerprint density at radius 1 is 1.00 bits per heavy atom. The molecular formula is C44H46ClN9O3S. The molecule has 2 aliphatic carbocycles. The van der Waals surface area contributed by atoms with Crippen molar-refractivity contribution in [3.05, 3.63) is 104 Å². The minimum atomic E-state index is -0.199. The summed E-state index contributed by atoms with van der Waals surface area (Å²) in [5.41, 5.74) is 5.50. The van der Waals surface area contributed by atoms with Crippen LogP contribution in [0.15, 0.2) is 59.6 Å². The maximum atomic E-state index is 13.1. The van der Waals surface area contributed by atoms with Crippen molar-refractivity contribution in [2.24, 2.45) is 16.3 Å². The number of nitrogens with one attached hydrogen (secondary N) is 1. The van der Waals surface area contributed by atoms with E-state index in [4.69, 9.17) is 31.3 Å². The van der Waals surface area contributed by atoms with Gasteiger partial charge in [-0.15, -0.1) is 31.7 Å². The number of aryl methyl sites for hydroxylation is 2. The number of piperidine rings is 1. The molecule has 0 unspecified atom stereocenters. The van der Waals surface area contributed by atoms with Crippen molar-refractivity contribution in [1.82, 2.24) is 30.3 Å². The van der Waals surface area contributed by atoms with Crippen LogP contribution in [0.4, 0.5) is 5.82 Å². The number of hydrogen-bond donors (Lipinski definition) is 1. The Morgan fingerprint density at radius 3 is 2.53 bits per heavy atom. The van der Waals surface area contributed by atoms with E-state index >= 15 is 0 Å². The number of halogens is 1. The van der Waals surface area contributed by atoms with Gasteiger partial charge in [-0.25, -0.2) is 0 Å². The summed E-state index contributed by atoms with van der Waals surface area (Å²) in [6.45, 7) is 9.41. The average Bonchev–Trinajstić information content (AvgIpc) is 3.68. The van der Waals surface area contributed by atoms with E-state index in [1.807, 2.05) is 13.0 Å². The third-order valence-corrected chi connectivity index (χ3v) is 13.9. The van der Waals surface area contributed by atoms with Crippen LogP contribution in [-0.2, 0) is 6.54 Å². The first kappa shape index (κ1) is 38.2. The molecule has 3 fully saturated rings. The molecule has 298 valence electrons. The number of ether oxygens (including phenoxy) is 2. The Bertz CT molecular complexity index is 2410.